The highest BCUT2D eigenvalue weighted by Gasteiger charge is 2.37. The number of hydrogen-bond acceptors (Lipinski definition) is 7. The molecule has 1 amide bonds. The number of hydrogen-bond donors (Lipinski definition) is 4. The topological polar surface area (TPSA) is 157 Å². The minimum absolute atomic E-state index is 0.0564. The summed E-state index contributed by atoms with van der Waals surface area (Å²) in [4.78, 5) is 20.4. The van der Waals surface area contributed by atoms with Crippen LogP contribution in [0.4, 0.5) is 22.9 Å². The van der Waals surface area contributed by atoms with E-state index in [1.54, 1.807) is 48.7 Å². The molecule has 2 heterocycles. The van der Waals surface area contributed by atoms with Gasteiger partial charge in [0.15, 0.2) is 0 Å². The van der Waals surface area contributed by atoms with Gasteiger partial charge >= 0.3 is 0 Å². The minimum atomic E-state index is -3.89. The van der Waals surface area contributed by atoms with E-state index >= 15 is 0 Å². The van der Waals surface area contributed by atoms with E-state index < -0.39 is 16.1 Å². The van der Waals surface area contributed by atoms with Crippen LogP contribution in [0, 0.1) is 11.8 Å². The SMILES string of the molecule is Nc1cc2ccnc(N)c2cc1N1CC(C2CCCCC2)CCC1C(=O)Nc1ccc(-c2ccccc2S(N)(=O)=O)cc1. The molecule has 1 aliphatic heterocycles. The number of carbonyl (C=O) groups is 1. The molecule has 3 aromatic carbocycles. The Bertz CT molecular complexity index is 1750. The van der Waals surface area contributed by atoms with Gasteiger partial charge in [0.1, 0.15) is 11.9 Å². The maximum absolute atomic E-state index is 13.9. The molecule has 6 rings (SSSR count). The number of amides is 1. The van der Waals surface area contributed by atoms with E-state index in [4.69, 9.17) is 16.6 Å². The molecule has 9 nitrogen and oxygen atoms in total. The van der Waals surface area contributed by atoms with Gasteiger partial charge in [-0.05, 0) is 72.0 Å². The second-order valence-corrected chi connectivity index (χ2v) is 13.4. The molecule has 2 atom stereocenters. The van der Waals surface area contributed by atoms with E-state index in [1.807, 2.05) is 18.2 Å². The second-order valence-electron chi connectivity index (χ2n) is 11.8. The Hall–Kier alpha value is -4.15. The number of fused-ring (bicyclic) bond motifs is 1. The smallest absolute Gasteiger partial charge is 0.247 e. The Morgan fingerprint density at radius 1 is 0.884 bits per heavy atom. The zero-order valence-corrected chi connectivity index (χ0v) is 24.9. The predicted molar refractivity (Wildman–Crippen MR) is 173 cm³/mol. The first-order chi connectivity index (χ1) is 20.7. The van der Waals surface area contributed by atoms with Crippen molar-refractivity contribution in [3.05, 3.63) is 72.9 Å². The second kappa shape index (κ2) is 11.9. The van der Waals surface area contributed by atoms with E-state index in [1.165, 1.54) is 38.2 Å². The van der Waals surface area contributed by atoms with Crippen LogP contribution in [0.3, 0.4) is 0 Å². The average Bonchev–Trinajstić information content (AvgIpc) is 3.01. The predicted octanol–water partition coefficient (Wildman–Crippen LogP) is 5.52. The largest absolute Gasteiger partial charge is 0.397 e. The van der Waals surface area contributed by atoms with Gasteiger partial charge in [0.25, 0.3) is 0 Å². The zero-order chi connectivity index (χ0) is 30.1. The number of piperidine rings is 1. The lowest BCUT2D eigenvalue weighted by molar-refractivity contribution is -0.118. The molecule has 1 aliphatic carbocycles. The van der Waals surface area contributed by atoms with Gasteiger partial charge in [-0.2, -0.15) is 0 Å². The van der Waals surface area contributed by atoms with Crippen molar-refractivity contribution < 1.29 is 13.2 Å². The Morgan fingerprint density at radius 3 is 2.37 bits per heavy atom. The molecule has 2 fully saturated rings. The monoisotopic (exact) mass is 598 g/mol. The molecule has 1 saturated heterocycles. The quantitative estimate of drug-likeness (QED) is 0.213. The van der Waals surface area contributed by atoms with Crippen molar-refractivity contribution in [1.82, 2.24) is 4.98 Å². The van der Waals surface area contributed by atoms with Crippen molar-refractivity contribution in [2.24, 2.45) is 17.0 Å². The molecule has 1 aromatic heterocycles. The number of nitrogens with two attached hydrogens (primary N) is 3. The van der Waals surface area contributed by atoms with E-state index in [2.05, 4.69) is 15.2 Å². The Labute approximate surface area is 252 Å². The van der Waals surface area contributed by atoms with Crippen molar-refractivity contribution in [3.8, 4) is 11.1 Å². The molecule has 0 spiro atoms. The first kappa shape index (κ1) is 28.9. The van der Waals surface area contributed by atoms with Gasteiger partial charge in [0, 0.05) is 29.4 Å². The molecule has 7 N–H and O–H groups in total. The molecular weight excluding hydrogens is 560 g/mol. The van der Waals surface area contributed by atoms with Gasteiger partial charge in [-0.15, -0.1) is 0 Å². The third kappa shape index (κ3) is 6.03. The highest BCUT2D eigenvalue weighted by atomic mass is 32.2. The number of anilines is 4. The number of nitrogens with one attached hydrogen (secondary N) is 1. The summed E-state index contributed by atoms with van der Waals surface area (Å²) < 4.78 is 24.2. The van der Waals surface area contributed by atoms with Crippen LogP contribution in [-0.4, -0.2) is 31.9 Å². The minimum Gasteiger partial charge on any atom is -0.397 e. The van der Waals surface area contributed by atoms with Gasteiger partial charge in [0.05, 0.1) is 16.3 Å². The Morgan fingerprint density at radius 2 is 1.63 bits per heavy atom. The van der Waals surface area contributed by atoms with Gasteiger partial charge in [0.2, 0.25) is 15.9 Å². The molecule has 4 aromatic rings. The summed E-state index contributed by atoms with van der Waals surface area (Å²) in [5.74, 6) is 1.47. The normalized spacial score (nSPS) is 19.8. The van der Waals surface area contributed by atoms with Crippen LogP contribution in [0.5, 0.6) is 0 Å². The molecule has 1 saturated carbocycles. The van der Waals surface area contributed by atoms with Crippen LogP contribution in [-0.2, 0) is 14.8 Å². The maximum Gasteiger partial charge on any atom is 0.247 e. The average molecular weight is 599 g/mol. The molecule has 43 heavy (non-hydrogen) atoms. The fourth-order valence-corrected chi connectivity index (χ4v) is 7.70. The lowest BCUT2D eigenvalue weighted by Crippen LogP contribution is -2.51. The summed E-state index contributed by atoms with van der Waals surface area (Å²) in [6.45, 7) is 0.752. The van der Waals surface area contributed by atoms with Crippen LogP contribution in [0.2, 0.25) is 0 Å². The van der Waals surface area contributed by atoms with Crippen LogP contribution < -0.4 is 26.8 Å². The lowest BCUT2D eigenvalue weighted by Gasteiger charge is -2.44. The number of pyridine rings is 1. The molecule has 2 aliphatic rings. The van der Waals surface area contributed by atoms with Crippen LogP contribution in [0.1, 0.15) is 44.9 Å². The Kier molecular flexibility index (Phi) is 7.98. The summed E-state index contributed by atoms with van der Waals surface area (Å²) >= 11 is 0. The number of nitrogen functional groups attached to an aromatic ring is 2. The number of sulfonamides is 1. The summed E-state index contributed by atoms with van der Waals surface area (Å²) in [6.07, 6.45) is 9.68. The van der Waals surface area contributed by atoms with Crippen LogP contribution >= 0.6 is 0 Å². The first-order valence-electron chi connectivity index (χ1n) is 14.9. The summed E-state index contributed by atoms with van der Waals surface area (Å²) in [5.41, 5.74) is 16.1. The third-order valence-corrected chi connectivity index (χ3v) is 10.1. The fraction of sp³-hybridized carbons (Fsp3) is 0.333. The van der Waals surface area contributed by atoms with Gasteiger partial charge in [-0.1, -0.05) is 62.4 Å². The molecule has 0 radical (unpaired) electrons. The van der Waals surface area contributed by atoms with E-state index in [-0.39, 0.29) is 10.8 Å². The summed E-state index contributed by atoms with van der Waals surface area (Å²) in [7, 11) is -3.89. The fourth-order valence-electron chi connectivity index (χ4n) is 6.94. The summed E-state index contributed by atoms with van der Waals surface area (Å²) in [6, 6.07) is 19.1. The molecule has 2 unspecified atom stereocenters. The van der Waals surface area contributed by atoms with Crippen molar-refractivity contribution in [2.45, 2.75) is 55.9 Å². The zero-order valence-electron chi connectivity index (χ0n) is 24.1. The van der Waals surface area contributed by atoms with E-state index in [9.17, 15) is 13.2 Å². The van der Waals surface area contributed by atoms with E-state index in [0.717, 1.165) is 29.4 Å². The number of nitrogens with zero attached hydrogens (tertiary/aromatic N) is 2. The van der Waals surface area contributed by atoms with Crippen molar-refractivity contribution >= 4 is 49.6 Å². The number of carbonyl (C=O) groups excluding carboxylic acids is 1. The number of rotatable bonds is 6. The third-order valence-electron chi connectivity index (χ3n) is 9.15. The molecule has 224 valence electrons. The maximum atomic E-state index is 13.9. The number of benzene rings is 3. The van der Waals surface area contributed by atoms with E-state index in [0.29, 0.717) is 46.6 Å². The van der Waals surface area contributed by atoms with Crippen molar-refractivity contribution in [2.75, 3.05) is 28.2 Å². The lowest BCUT2D eigenvalue weighted by atomic mass is 9.75. The molecule has 10 heteroatoms. The molecule has 0 bridgehead atoms. The van der Waals surface area contributed by atoms with Crippen molar-refractivity contribution in [3.63, 3.8) is 0 Å². The van der Waals surface area contributed by atoms with Crippen LogP contribution in [0.15, 0.2) is 77.8 Å². The highest BCUT2D eigenvalue weighted by Crippen LogP contribution is 2.41. The highest BCUT2D eigenvalue weighted by molar-refractivity contribution is 7.89. The van der Waals surface area contributed by atoms with Gasteiger partial charge in [-0.25, -0.2) is 18.5 Å². The molecular formula is C33H38N6O3S. The standard InChI is InChI=1S/C33H38N6O3S/c34-28-18-23-16-17-37-32(35)27(23)19-30(28)39-20-24(21-6-2-1-3-7-21)12-15-29(39)33(40)38-25-13-10-22(11-14-25)26-8-4-5-9-31(26)43(36,41)42/h4-5,8-11,13-14,16-19,21,24,29H,1-3,6-7,12,15,20,34H2,(H2,35,37)(H,38,40)(H2,36,41,42). The Balaban J connectivity index is 1.28. The summed E-state index contributed by atoms with van der Waals surface area (Å²) in [5, 5.41) is 10.3. The number of aromatic nitrogens is 1. The van der Waals surface area contributed by atoms with Crippen molar-refractivity contribution in [1.29, 1.82) is 0 Å². The first-order valence-corrected chi connectivity index (χ1v) is 16.5. The van der Waals surface area contributed by atoms with Crippen LogP contribution in [0.25, 0.3) is 21.9 Å². The van der Waals surface area contributed by atoms with Gasteiger partial charge in [-0.3, -0.25) is 4.79 Å². The van der Waals surface area contributed by atoms with Gasteiger partial charge < -0.3 is 21.7 Å². The number of primary sulfonamides is 1.